The van der Waals surface area contributed by atoms with Crippen molar-refractivity contribution in [2.24, 2.45) is 11.3 Å². The summed E-state index contributed by atoms with van der Waals surface area (Å²) in [5, 5.41) is 12.1. The highest BCUT2D eigenvalue weighted by atomic mass is 16.2. The summed E-state index contributed by atoms with van der Waals surface area (Å²) in [7, 11) is 0. The summed E-state index contributed by atoms with van der Waals surface area (Å²) in [6.45, 7) is 2.13. The molecular weight excluding hydrogens is 212 g/mol. The lowest BCUT2D eigenvalue weighted by Gasteiger charge is -2.30. The SMILES string of the molecule is CCC(NC(=O)C1(C#N)CC1)C1CCCCC1. The summed E-state index contributed by atoms with van der Waals surface area (Å²) in [5.41, 5.74) is -0.665. The Bertz CT molecular complexity index is 322. The van der Waals surface area contributed by atoms with Crippen molar-refractivity contribution in [2.75, 3.05) is 0 Å². The Hall–Kier alpha value is -1.04. The molecule has 1 atom stereocenters. The fraction of sp³-hybridized carbons (Fsp3) is 0.857. The van der Waals surface area contributed by atoms with E-state index in [9.17, 15) is 4.79 Å². The first kappa shape index (κ1) is 12.4. The highest BCUT2D eigenvalue weighted by molar-refractivity contribution is 5.88. The Balaban J connectivity index is 1.91. The molecule has 2 saturated carbocycles. The maximum absolute atomic E-state index is 12.0. The lowest BCUT2D eigenvalue weighted by molar-refractivity contribution is -0.125. The van der Waals surface area contributed by atoms with E-state index in [4.69, 9.17) is 5.26 Å². The molecule has 0 aromatic carbocycles. The van der Waals surface area contributed by atoms with Gasteiger partial charge < -0.3 is 5.32 Å². The molecule has 0 spiro atoms. The fourth-order valence-corrected chi connectivity index (χ4v) is 2.91. The summed E-state index contributed by atoms with van der Waals surface area (Å²) < 4.78 is 0. The molecule has 0 heterocycles. The number of nitrogens with zero attached hydrogens (tertiary/aromatic N) is 1. The number of carbonyl (C=O) groups excluding carboxylic acids is 1. The molecule has 2 aliphatic rings. The first-order valence-electron chi connectivity index (χ1n) is 6.94. The second-order valence-electron chi connectivity index (χ2n) is 5.58. The van der Waals surface area contributed by atoms with Crippen molar-refractivity contribution in [3.63, 3.8) is 0 Å². The van der Waals surface area contributed by atoms with E-state index in [-0.39, 0.29) is 11.9 Å². The molecule has 1 N–H and O–H groups in total. The molecule has 2 rings (SSSR count). The van der Waals surface area contributed by atoms with Gasteiger partial charge in [-0.15, -0.1) is 0 Å². The summed E-state index contributed by atoms with van der Waals surface area (Å²) >= 11 is 0. The van der Waals surface area contributed by atoms with Crippen molar-refractivity contribution < 1.29 is 4.79 Å². The molecule has 0 radical (unpaired) electrons. The third-order valence-electron chi connectivity index (χ3n) is 4.37. The van der Waals surface area contributed by atoms with Gasteiger partial charge in [-0.1, -0.05) is 26.2 Å². The van der Waals surface area contributed by atoms with Crippen LogP contribution in [-0.2, 0) is 4.79 Å². The van der Waals surface area contributed by atoms with Gasteiger partial charge in [0.2, 0.25) is 5.91 Å². The minimum Gasteiger partial charge on any atom is -0.352 e. The number of carbonyl (C=O) groups is 1. The van der Waals surface area contributed by atoms with Gasteiger partial charge in [0.25, 0.3) is 0 Å². The molecule has 0 bridgehead atoms. The smallest absolute Gasteiger partial charge is 0.240 e. The monoisotopic (exact) mass is 234 g/mol. The molecule has 94 valence electrons. The van der Waals surface area contributed by atoms with Crippen LogP contribution in [0.2, 0.25) is 0 Å². The van der Waals surface area contributed by atoms with Crippen molar-refractivity contribution >= 4 is 5.91 Å². The van der Waals surface area contributed by atoms with Gasteiger partial charge in [0.05, 0.1) is 6.07 Å². The van der Waals surface area contributed by atoms with Gasteiger partial charge in [0.15, 0.2) is 0 Å². The van der Waals surface area contributed by atoms with E-state index < -0.39 is 5.41 Å². The summed E-state index contributed by atoms with van der Waals surface area (Å²) in [4.78, 5) is 12.0. The largest absolute Gasteiger partial charge is 0.352 e. The van der Waals surface area contributed by atoms with E-state index in [1.165, 1.54) is 32.1 Å². The molecule has 2 aliphatic carbocycles. The van der Waals surface area contributed by atoms with Crippen LogP contribution in [0.4, 0.5) is 0 Å². The zero-order chi connectivity index (χ0) is 12.3. The van der Waals surface area contributed by atoms with Crippen LogP contribution < -0.4 is 5.32 Å². The Kier molecular flexibility index (Phi) is 3.71. The number of nitriles is 1. The van der Waals surface area contributed by atoms with Crippen molar-refractivity contribution in [1.29, 1.82) is 5.26 Å². The first-order valence-corrected chi connectivity index (χ1v) is 6.94. The summed E-state index contributed by atoms with van der Waals surface area (Å²) in [6, 6.07) is 2.46. The molecule has 17 heavy (non-hydrogen) atoms. The fourth-order valence-electron chi connectivity index (χ4n) is 2.91. The van der Waals surface area contributed by atoms with Gasteiger partial charge in [-0.25, -0.2) is 0 Å². The molecule has 0 saturated heterocycles. The lowest BCUT2D eigenvalue weighted by Crippen LogP contribution is -2.43. The summed E-state index contributed by atoms with van der Waals surface area (Å²) in [6.07, 6.45) is 8.87. The highest BCUT2D eigenvalue weighted by Crippen LogP contribution is 2.45. The molecule has 1 unspecified atom stereocenters. The molecule has 0 aliphatic heterocycles. The predicted molar refractivity (Wildman–Crippen MR) is 66.1 cm³/mol. The van der Waals surface area contributed by atoms with E-state index in [2.05, 4.69) is 18.3 Å². The number of rotatable bonds is 4. The van der Waals surface area contributed by atoms with Crippen molar-refractivity contribution in [3.05, 3.63) is 0 Å². The van der Waals surface area contributed by atoms with Crippen LogP contribution in [0.15, 0.2) is 0 Å². The molecule has 0 aromatic heterocycles. The van der Waals surface area contributed by atoms with Crippen LogP contribution >= 0.6 is 0 Å². The van der Waals surface area contributed by atoms with Gasteiger partial charge >= 0.3 is 0 Å². The first-order chi connectivity index (χ1) is 8.22. The van der Waals surface area contributed by atoms with Gasteiger partial charge in [0, 0.05) is 6.04 Å². The zero-order valence-electron chi connectivity index (χ0n) is 10.7. The quantitative estimate of drug-likeness (QED) is 0.813. The van der Waals surface area contributed by atoms with Crippen LogP contribution in [0.25, 0.3) is 0 Å². The number of hydrogen-bond acceptors (Lipinski definition) is 2. The van der Waals surface area contributed by atoms with E-state index in [1.54, 1.807) is 0 Å². The predicted octanol–water partition coefficient (Wildman–Crippen LogP) is 2.77. The third-order valence-corrected chi connectivity index (χ3v) is 4.37. The van der Waals surface area contributed by atoms with Gasteiger partial charge in [-0.05, 0) is 38.0 Å². The van der Waals surface area contributed by atoms with E-state index in [1.807, 2.05) is 0 Å². The van der Waals surface area contributed by atoms with Crippen LogP contribution in [0, 0.1) is 22.7 Å². The Labute approximate surface area is 104 Å². The maximum Gasteiger partial charge on any atom is 0.240 e. The zero-order valence-corrected chi connectivity index (χ0v) is 10.7. The number of hydrogen-bond donors (Lipinski definition) is 1. The van der Waals surface area contributed by atoms with Crippen LogP contribution in [0.5, 0.6) is 0 Å². The van der Waals surface area contributed by atoms with Gasteiger partial charge in [0.1, 0.15) is 5.41 Å². The van der Waals surface area contributed by atoms with Crippen LogP contribution in [0.1, 0.15) is 58.3 Å². The number of nitrogens with one attached hydrogen (secondary N) is 1. The summed E-state index contributed by atoms with van der Waals surface area (Å²) in [5.74, 6) is 0.615. The molecule has 1 amide bonds. The van der Waals surface area contributed by atoms with E-state index in [0.717, 1.165) is 19.3 Å². The topological polar surface area (TPSA) is 52.9 Å². The van der Waals surface area contributed by atoms with E-state index >= 15 is 0 Å². The number of amides is 1. The third kappa shape index (κ3) is 2.62. The molecule has 3 nitrogen and oxygen atoms in total. The maximum atomic E-state index is 12.0. The Morgan fingerprint density at radius 1 is 1.41 bits per heavy atom. The van der Waals surface area contributed by atoms with Crippen molar-refractivity contribution in [1.82, 2.24) is 5.32 Å². The highest BCUT2D eigenvalue weighted by Gasteiger charge is 2.51. The minimum atomic E-state index is -0.665. The Morgan fingerprint density at radius 3 is 2.53 bits per heavy atom. The van der Waals surface area contributed by atoms with Gasteiger partial charge in [-0.2, -0.15) is 5.26 Å². The standard InChI is InChI=1S/C14H22N2O/c1-2-12(11-6-4-3-5-7-11)16-13(17)14(10-15)8-9-14/h11-12H,2-9H2,1H3,(H,16,17). The average Bonchev–Trinajstić information content (AvgIpc) is 3.17. The Morgan fingerprint density at radius 2 is 2.06 bits per heavy atom. The molecule has 2 fully saturated rings. The minimum absolute atomic E-state index is 0.0163. The van der Waals surface area contributed by atoms with Crippen molar-refractivity contribution in [2.45, 2.75) is 64.3 Å². The second-order valence-corrected chi connectivity index (χ2v) is 5.58. The van der Waals surface area contributed by atoms with Gasteiger partial charge in [-0.3, -0.25) is 4.79 Å². The van der Waals surface area contributed by atoms with E-state index in [0.29, 0.717) is 5.92 Å². The van der Waals surface area contributed by atoms with Crippen LogP contribution in [-0.4, -0.2) is 11.9 Å². The average molecular weight is 234 g/mol. The second kappa shape index (κ2) is 5.08. The van der Waals surface area contributed by atoms with Crippen LogP contribution in [0.3, 0.4) is 0 Å². The lowest BCUT2D eigenvalue weighted by atomic mass is 9.82. The van der Waals surface area contributed by atoms with Crippen molar-refractivity contribution in [3.8, 4) is 6.07 Å². The molecule has 0 aromatic rings. The molecular formula is C14H22N2O. The normalized spacial score (nSPS) is 24.7. The molecule has 3 heteroatoms.